The van der Waals surface area contributed by atoms with Crippen molar-refractivity contribution < 1.29 is 9.59 Å². The molecule has 0 aromatic carbocycles. The number of hydrazine groups is 1. The fourth-order valence-corrected chi connectivity index (χ4v) is 2.35. The summed E-state index contributed by atoms with van der Waals surface area (Å²) in [4.78, 5) is 27.4. The molecular weight excluding hydrogens is 244 g/mol. The maximum Gasteiger partial charge on any atom is 0.237 e. The number of unbranched alkanes of at least 4 members (excludes halogenated alkanes) is 1. The van der Waals surface area contributed by atoms with Gasteiger partial charge in [-0.05, 0) is 32.9 Å². The Kier molecular flexibility index (Phi) is 6.80. The molecule has 1 saturated heterocycles. The van der Waals surface area contributed by atoms with Crippen molar-refractivity contribution in [1.82, 2.24) is 15.2 Å². The number of hydrogen-bond acceptors (Lipinski definition) is 4. The van der Waals surface area contributed by atoms with Crippen molar-refractivity contribution >= 4 is 11.8 Å². The molecule has 6 nitrogen and oxygen atoms in total. The van der Waals surface area contributed by atoms with Crippen LogP contribution in [0.25, 0.3) is 0 Å². The van der Waals surface area contributed by atoms with Gasteiger partial charge in [0.05, 0.1) is 6.54 Å². The molecule has 0 bridgehead atoms. The Hall–Kier alpha value is -1.14. The quantitative estimate of drug-likeness (QED) is 0.403. The summed E-state index contributed by atoms with van der Waals surface area (Å²) in [6.07, 6.45) is 3.65. The van der Waals surface area contributed by atoms with E-state index >= 15 is 0 Å². The van der Waals surface area contributed by atoms with E-state index < -0.39 is 0 Å². The molecule has 1 rings (SSSR count). The number of carbonyl (C=O) groups excluding carboxylic acids is 2. The largest absolute Gasteiger partial charge is 0.342 e. The highest BCUT2D eigenvalue weighted by Crippen LogP contribution is 2.17. The second-order valence-corrected chi connectivity index (χ2v) is 5.25. The first-order valence-electron chi connectivity index (χ1n) is 7.05. The van der Waals surface area contributed by atoms with Gasteiger partial charge in [-0.1, -0.05) is 13.3 Å². The molecule has 110 valence electrons. The van der Waals surface area contributed by atoms with Gasteiger partial charge in [0, 0.05) is 19.0 Å². The van der Waals surface area contributed by atoms with E-state index in [4.69, 9.17) is 5.84 Å². The predicted molar refractivity (Wildman–Crippen MR) is 74.0 cm³/mol. The number of rotatable bonds is 6. The summed E-state index contributed by atoms with van der Waals surface area (Å²) in [6.45, 7) is 4.86. The van der Waals surface area contributed by atoms with Crippen LogP contribution >= 0.6 is 0 Å². The second-order valence-electron chi connectivity index (χ2n) is 5.25. The van der Waals surface area contributed by atoms with Gasteiger partial charge in [-0.15, -0.1) is 0 Å². The minimum Gasteiger partial charge on any atom is -0.342 e. The summed E-state index contributed by atoms with van der Waals surface area (Å²) in [7, 11) is 1.97. The minimum absolute atomic E-state index is 0.0492. The van der Waals surface area contributed by atoms with Gasteiger partial charge in [0.1, 0.15) is 0 Å². The Bertz CT molecular complexity index is 301. The fourth-order valence-electron chi connectivity index (χ4n) is 2.35. The molecular formula is C13H26N4O2. The zero-order chi connectivity index (χ0) is 14.3. The standard InChI is InChI=1S/C13H26N4O2/c1-3-4-7-16(2)10-12(18)17-8-5-11(6-9-17)13(19)15-14/h11H,3-10,14H2,1-2H3,(H,15,19). The van der Waals surface area contributed by atoms with Crippen molar-refractivity contribution in [2.45, 2.75) is 32.6 Å². The molecule has 0 aromatic heterocycles. The number of piperidine rings is 1. The molecule has 1 aliphatic heterocycles. The zero-order valence-electron chi connectivity index (χ0n) is 12.0. The molecule has 3 N–H and O–H groups in total. The third-order valence-corrected chi connectivity index (χ3v) is 3.66. The molecule has 0 atom stereocenters. The Morgan fingerprint density at radius 3 is 2.53 bits per heavy atom. The van der Waals surface area contributed by atoms with Gasteiger partial charge in [0.15, 0.2) is 0 Å². The van der Waals surface area contributed by atoms with Gasteiger partial charge in [0.25, 0.3) is 0 Å². The lowest BCUT2D eigenvalue weighted by molar-refractivity contribution is -0.136. The van der Waals surface area contributed by atoms with Crippen LogP contribution in [0.4, 0.5) is 0 Å². The number of amides is 2. The summed E-state index contributed by atoms with van der Waals surface area (Å²) in [5.74, 6) is 5.11. The molecule has 0 unspecified atom stereocenters. The molecule has 0 radical (unpaired) electrons. The van der Waals surface area contributed by atoms with Gasteiger partial charge in [-0.2, -0.15) is 0 Å². The van der Waals surface area contributed by atoms with E-state index in [0.29, 0.717) is 32.5 Å². The highest BCUT2D eigenvalue weighted by molar-refractivity contribution is 5.80. The van der Waals surface area contributed by atoms with Gasteiger partial charge in [-0.3, -0.25) is 19.9 Å². The van der Waals surface area contributed by atoms with Crippen LogP contribution in [0.5, 0.6) is 0 Å². The number of carbonyl (C=O) groups is 2. The van der Waals surface area contributed by atoms with E-state index in [1.54, 1.807) is 0 Å². The van der Waals surface area contributed by atoms with Crippen molar-refractivity contribution in [2.75, 3.05) is 33.2 Å². The first-order chi connectivity index (χ1) is 9.08. The minimum atomic E-state index is -0.118. The molecule has 0 aromatic rings. The summed E-state index contributed by atoms with van der Waals surface area (Å²) >= 11 is 0. The van der Waals surface area contributed by atoms with Crippen molar-refractivity contribution in [2.24, 2.45) is 11.8 Å². The summed E-state index contributed by atoms with van der Waals surface area (Å²) in [5.41, 5.74) is 2.18. The Morgan fingerprint density at radius 2 is 2.00 bits per heavy atom. The van der Waals surface area contributed by atoms with Gasteiger partial charge < -0.3 is 4.90 Å². The van der Waals surface area contributed by atoms with Crippen molar-refractivity contribution in [3.05, 3.63) is 0 Å². The summed E-state index contributed by atoms with van der Waals surface area (Å²) < 4.78 is 0. The smallest absolute Gasteiger partial charge is 0.237 e. The molecule has 6 heteroatoms. The number of likely N-dealkylation sites (N-methyl/N-ethyl adjacent to an activating group) is 1. The molecule has 1 fully saturated rings. The van der Waals surface area contributed by atoms with Crippen LogP contribution < -0.4 is 11.3 Å². The predicted octanol–water partition coefficient (Wildman–Crippen LogP) is -0.0532. The third-order valence-electron chi connectivity index (χ3n) is 3.66. The molecule has 0 aliphatic carbocycles. The lowest BCUT2D eigenvalue weighted by Gasteiger charge is -2.32. The number of likely N-dealkylation sites (tertiary alicyclic amines) is 1. The lowest BCUT2D eigenvalue weighted by Crippen LogP contribution is -2.47. The van der Waals surface area contributed by atoms with Crippen LogP contribution in [-0.4, -0.2) is 54.8 Å². The van der Waals surface area contributed by atoms with E-state index in [2.05, 4.69) is 17.2 Å². The third kappa shape index (κ3) is 5.16. The van der Waals surface area contributed by atoms with E-state index in [-0.39, 0.29) is 17.7 Å². The van der Waals surface area contributed by atoms with Crippen LogP contribution in [-0.2, 0) is 9.59 Å². The lowest BCUT2D eigenvalue weighted by atomic mass is 9.96. The highest BCUT2D eigenvalue weighted by Gasteiger charge is 2.26. The zero-order valence-corrected chi connectivity index (χ0v) is 12.0. The highest BCUT2D eigenvalue weighted by atomic mass is 16.2. The second kappa shape index (κ2) is 8.12. The normalized spacial score (nSPS) is 16.7. The van der Waals surface area contributed by atoms with Crippen LogP contribution in [0.1, 0.15) is 32.6 Å². The maximum atomic E-state index is 12.1. The number of nitrogens with zero attached hydrogens (tertiary/aromatic N) is 2. The first-order valence-corrected chi connectivity index (χ1v) is 7.05. The van der Waals surface area contributed by atoms with Gasteiger partial charge >= 0.3 is 0 Å². The van der Waals surface area contributed by atoms with E-state index in [0.717, 1.165) is 19.4 Å². The maximum absolute atomic E-state index is 12.1. The van der Waals surface area contributed by atoms with Crippen LogP contribution in [0.15, 0.2) is 0 Å². The number of nitrogens with two attached hydrogens (primary N) is 1. The van der Waals surface area contributed by atoms with E-state index in [9.17, 15) is 9.59 Å². The molecule has 1 heterocycles. The van der Waals surface area contributed by atoms with Crippen molar-refractivity contribution in [1.29, 1.82) is 0 Å². The van der Waals surface area contributed by atoms with Gasteiger partial charge in [0.2, 0.25) is 11.8 Å². The summed E-state index contributed by atoms with van der Waals surface area (Å²) in [5, 5.41) is 0. The topological polar surface area (TPSA) is 78.7 Å². The van der Waals surface area contributed by atoms with Crippen LogP contribution in [0.3, 0.4) is 0 Å². The van der Waals surface area contributed by atoms with E-state index in [1.165, 1.54) is 0 Å². The Balaban J connectivity index is 2.30. The van der Waals surface area contributed by atoms with Crippen molar-refractivity contribution in [3.63, 3.8) is 0 Å². The SMILES string of the molecule is CCCCN(C)CC(=O)N1CCC(C(=O)NN)CC1. The molecule has 1 aliphatic rings. The number of nitrogens with one attached hydrogen (secondary N) is 1. The van der Waals surface area contributed by atoms with Crippen LogP contribution in [0, 0.1) is 5.92 Å². The Labute approximate surface area is 115 Å². The molecule has 0 spiro atoms. The average molecular weight is 270 g/mol. The molecule has 19 heavy (non-hydrogen) atoms. The Morgan fingerprint density at radius 1 is 1.37 bits per heavy atom. The summed E-state index contributed by atoms with van der Waals surface area (Å²) in [6, 6.07) is 0. The fraction of sp³-hybridized carbons (Fsp3) is 0.846. The van der Waals surface area contributed by atoms with E-state index in [1.807, 2.05) is 11.9 Å². The van der Waals surface area contributed by atoms with Crippen molar-refractivity contribution in [3.8, 4) is 0 Å². The average Bonchev–Trinajstić information content (AvgIpc) is 2.44. The monoisotopic (exact) mass is 270 g/mol. The molecule has 0 saturated carbocycles. The number of hydrogen-bond donors (Lipinski definition) is 2. The first kappa shape index (κ1) is 15.9. The van der Waals surface area contributed by atoms with Gasteiger partial charge in [-0.25, -0.2) is 5.84 Å². The molecule has 2 amide bonds. The van der Waals surface area contributed by atoms with Crippen LogP contribution in [0.2, 0.25) is 0 Å².